The smallest absolute Gasteiger partial charge is 0.138 e. The van der Waals surface area contributed by atoms with Crippen LogP contribution in [0.2, 0.25) is 0 Å². The Balaban J connectivity index is 1.84. The Labute approximate surface area is 109 Å². The van der Waals surface area contributed by atoms with Gasteiger partial charge < -0.3 is 4.74 Å². The Morgan fingerprint density at radius 3 is 2.65 bits per heavy atom. The highest BCUT2D eigenvalue weighted by molar-refractivity contribution is 9.10. The minimum absolute atomic E-state index is 0.540. The fourth-order valence-corrected chi connectivity index (χ4v) is 1.57. The van der Waals surface area contributed by atoms with Gasteiger partial charge in [0, 0.05) is 0 Å². The summed E-state index contributed by atoms with van der Waals surface area (Å²) in [4.78, 5) is 4.08. The van der Waals surface area contributed by atoms with E-state index in [-0.39, 0.29) is 0 Å². The summed E-state index contributed by atoms with van der Waals surface area (Å²) in [6.45, 7) is 0.540. The molecular weight excluding hydrogens is 278 g/mol. The van der Waals surface area contributed by atoms with Gasteiger partial charge in [0.1, 0.15) is 17.0 Å². The molecule has 1 heterocycles. The molecule has 0 atom stereocenters. The Kier molecular flexibility index (Phi) is 4.33. The topological polar surface area (TPSA) is 22.1 Å². The highest BCUT2D eigenvalue weighted by atomic mass is 79.9. The van der Waals surface area contributed by atoms with Crippen LogP contribution in [0, 0.1) is 0 Å². The maximum absolute atomic E-state index is 5.51. The fraction of sp³-hybridized carbons (Fsp3) is 0.0714. The van der Waals surface area contributed by atoms with E-state index in [0.29, 0.717) is 6.61 Å². The summed E-state index contributed by atoms with van der Waals surface area (Å²) in [5, 5.41) is 0. The largest absolute Gasteiger partial charge is 0.488 e. The summed E-state index contributed by atoms with van der Waals surface area (Å²) in [6, 6.07) is 13.9. The van der Waals surface area contributed by atoms with Crippen molar-refractivity contribution in [2.75, 3.05) is 6.61 Å². The van der Waals surface area contributed by atoms with Crippen LogP contribution in [0.15, 0.2) is 59.3 Å². The zero-order chi connectivity index (χ0) is 11.9. The number of rotatable bonds is 4. The molecule has 0 aliphatic rings. The molecule has 86 valence electrons. The van der Waals surface area contributed by atoms with Crippen molar-refractivity contribution in [1.82, 2.24) is 4.98 Å². The van der Waals surface area contributed by atoms with Crippen molar-refractivity contribution in [3.63, 3.8) is 0 Å². The molecule has 0 saturated heterocycles. The first kappa shape index (κ1) is 11.9. The van der Waals surface area contributed by atoms with Gasteiger partial charge in [0.15, 0.2) is 0 Å². The van der Waals surface area contributed by atoms with Gasteiger partial charge in [-0.3, -0.25) is 0 Å². The van der Waals surface area contributed by atoms with Crippen molar-refractivity contribution >= 4 is 22.0 Å². The summed E-state index contributed by atoms with van der Waals surface area (Å²) in [5.41, 5.74) is 1.17. The number of halogens is 1. The average Bonchev–Trinajstić information content (AvgIpc) is 2.38. The molecule has 0 amide bonds. The molecule has 0 aliphatic carbocycles. The van der Waals surface area contributed by atoms with E-state index in [2.05, 4.69) is 33.0 Å². The van der Waals surface area contributed by atoms with Crippen LogP contribution in [-0.2, 0) is 0 Å². The van der Waals surface area contributed by atoms with Crippen molar-refractivity contribution in [2.24, 2.45) is 0 Å². The van der Waals surface area contributed by atoms with Gasteiger partial charge in [-0.1, -0.05) is 36.4 Å². The molecule has 1 aromatic carbocycles. The SMILES string of the molecule is Brc1ccc(OC/C=C/c2ccccc2)cn1. The van der Waals surface area contributed by atoms with Crippen LogP contribution < -0.4 is 4.74 Å². The molecule has 2 rings (SSSR count). The Hall–Kier alpha value is -1.61. The molecule has 2 aromatic rings. The number of pyridine rings is 1. The molecule has 1 aromatic heterocycles. The highest BCUT2D eigenvalue weighted by Crippen LogP contribution is 2.12. The molecule has 0 radical (unpaired) electrons. The monoisotopic (exact) mass is 289 g/mol. The molecule has 17 heavy (non-hydrogen) atoms. The standard InChI is InChI=1S/C14H12BrNO/c15-14-9-8-13(11-16-14)17-10-4-7-12-5-2-1-3-6-12/h1-9,11H,10H2/b7-4+. The first-order chi connectivity index (χ1) is 8.34. The summed E-state index contributed by atoms with van der Waals surface area (Å²) in [5.74, 6) is 0.769. The minimum atomic E-state index is 0.540. The van der Waals surface area contributed by atoms with Crippen LogP contribution in [-0.4, -0.2) is 11.6 Å². The van der Waals surface area contributed by atoms with E-state index >= 15 is 0 Å². The average molecular weight is 290 g/mol. The van der Waals surface area contributed by atoms with Gasteiger partial charge in [-0.05, 0) is 39.7 Å². The lowest BCUT2D eigenvalue weighted by Crippen LogP contribution is -1.93. The van der Waals surface area contributed by atoms with E-state index < -0.39 is 0 Å². The predicted octanol–water partition coefficient (Wildman–Crippen LogP) is 3.94. The van der Waals surface area contributed by atoms with Gasteiger partial charge >= 0.3 is 0 Å². The van der Waals surface area contributed by atoms with E-state index in [0.717, 1.165) is 10.4 Å². The molecule has 3 heteroatoms. The third-order valence-corrected chi connectivity index (χ3v) is 2.63. The van der Waals surface area contributed by atoms with E-state index in [1.54, 1.807) is 6.20 Å². The van der Waals surface area contributed by atoms with E-state index in [9.17, 15) is 0 Å². The van der Waals surface area contributed by atoms with Crippen LogP contribution in [0.5, 0.6) is 5.75 Å². The first-order valence-electron chi connectivity index (χ1n) is 5.30. The highest BCUT2D eigenvalue weighted by Gasteiger charge is 1.92. The minimum Gasteiger partial charge on any atom is -0.488 e. The second-order valence-corrected chi connectivity index (χ2v) is 4.25. The lowest BCUT2D eigenvalue weighted by molar-refractivity contribution is 0.362. The van der Waals surface area contributed by atoms with Gasteiger partial charge in [0.2, 0.25) is 0 Å². The number of hydrogen-bond donors (Lipinski definition) is 0. The summed E-state index contributed by atoms with van der Waals surface area (Å²) in [6.07, 6.45) is 5.71. The first-order valence-corrected chi connectivity index (χ1v) is 6.10. The molecule has 0 bridgehead atoms. The van der Waals surface area contributed by atoms with Gasteiger partial charge in [-0.15, -0.1) is 0 Å². The Bertz CT molecular complexity index is 479. The molecule has 0 N–H and O–H groups in total. The maximum Gasteiger partial charge on any atom is 0.138 e. The van der Waals surface area contributed by atoms with Crippen LogP contribution >= 0.6 is 15.9 Å². The third-order valence-electron chi connectivity index (χ3n) is 2.16. The van der Waals surface area contributed by atoms with Crippen molar-refractivity contribution in [3.05, 3.63) is 64.9 Å². The Morgan fingerprint density at radius 2 is 1.94 bits per heavy atom. The quantitative estimate of drug-likeness (QED) is 0.796. The zero-order valence-corrected chi connectivity index (χ0v) is 10.8. The van der Waals surface area contributed by atoms with E-state index in [1.165, 1.54) is 5.56 Å². The van der Waals surface area contributed by atoms with Gasteiger partial charge in [0.05, 0.1) is 6.20 Å². The van der Waals surface area contributed by atoms with E-state index in [4.69, 9.17) is 4.74 Å². The second-order valence-electron chi connectivity index (χ2n) is 3.44. The fourth-order valence-electron chi connectivity index (χ4n) is 1.34. The van der Waals surface area contributed by atoms with Crippen molar-refractivity contribution < 1.29 is 4.74 Å². The van der Waals surface area contributed by atoms with Gasteiger partial charge in [-0.2, -0.15) is 0 Å². The normalized spacial score (nSPS) is 10.6. The third kappa shape index (κ3) is 4.04. The summed E-state index contributed by atoms with van der Waals surface area (Å²) >= 11 is 3.28. The van der Waals surface area contributed by atoms with Crippen molar-refractivity contribution in [2.45, 2.75) is 0 Å². The molecule has 0 fully saturated rings. The second kappa shape index (κ2) is 6.21. The van der Waals surface area contributed by atoms with Gasteiger partial charge in [-0.25, -0.2) is 4.98 Å². The zero-order valence-electron chi connectivity index (χ0n) is 9.21. The molecule has 0 unspecified atom stereocenters. The maximum atomic E-state index is 5.51. The van der Waals surface area contributed by atoms with Crippen molar-refractivity contribution in [3.8, 4) is 5.75 Å². The lowest BCUT2D eigenvalue weighted by atomic mass is 10.2. The summed E-state index contributed by atoms with van der Waals surface area (Å²) < 4.78 is 6.32. The van der Waals surface area contributed by atoms with Gasteiger partial charge in [0.25, 0.3) is 0 Å². The van der Waals surface area contributed by atoms with Crippen molar-refractivity contribution in [1.29, 1.82) is 0 Å². The number of ether oxygens (including phenoxy) is 1. The molecule has 0 saturated carbocycles. The number of aromatic nitrogens is 1. The molecular formula is C14H12BrNO. The predicted molar refractivity (Wildman–Crippen MR) is 72.9 cm³/mol. The van der Waals surface area contributed by atoms with E-state index in [1.807, 2.05) is 42.5 Å². The van der Waals surface area contributed by atoms with Crippen LogP contribution in [0.3, 0.4) is 0 Å². The van der Waals surface area contributed by atoms with Crippen LogP contribution in [0.4, 0.5) is 0 Å². The molecule has 2 nitrogen and oxygen atoms in total. The molecule has 0 spiro atoms. The lowest BCUT2D eigenvalue weighted by Gasteiger charge is -2.01. The Morgan fingerprint density at radius 1 is 1.12 bits per heavy atom. The molecule has 0 aliphatic heterocycles. The van der Waals surface area contributed by atoms with Crippen LogP contribution in [0.1, 0.15) is 5.56 Å². The number of benzene rings is 1. The van der Waals surface area contributed by atoms with Crippen LogP contribution in [0.25, 0.3) is 6.08 Å². The number of hydrogen-bond acceptors (Lipinski definition) is 2. The summed E-state index contributed by atoms with van der Waals surface area (Å²) in [7, 11) is 0. The number of nitrogens with zero attached hydrogens (tertiary/aromatic N) is 1.